The molecule has 0 fully saturated rings. The minimum atomic E-state index is -0.217. The summed E-state index contributed by atoms with van der Waals surface area (Å²) in [6, 6.07) is 0. The molecule has 0 rings (SSSR count). The maximum Gasteiger partial charge on any atom is 0.306 e. The topological polar surface area (TPSA) is 52.6 Å². The minimum absolute atomic E-state index is 0.0292. The van der Waals surface area contributed by atoms with E-state index >= 15 is 0 Å². The van der Waals surface area contributed by atoms with Gasteiger partial charge in [-0.1, -0.05) is 39.5 Å². The maximum absolute atomic E-state index is 11.6. The Labute approximate surface area is 129 Å². The van der Waals surface area contributed by atoms with Crippen LogP contribution in [-0.2, 0) is 19.1 Å². The Hall–Kier alpha value is -1.06. The standard InChI is InChI=1S/C17H32O4/c1-5-7-10-14(3)20-16(18)12-9-13-17(19)21-15(4)11-8-6-2/h14-15H,5-13H2,1-4H3. The van der Waals surface area contributed by atoms with Crippen molar-refractivity contribution in [2.75, 3.05) is 0 Å². The number of carbonyl (C=O) groups excluding carboxylic acids is 2. The van der Waals surface area contributed by atoms with E-state index in [2.05, 4.69) is 13.8 Å². The molecular weight excluding hydrogens is 268 g/mol. The van der Waals surface area contributed by atoms with E-state index in [1.54, 1.807) is 0 Å². The molecule has 0 spiro atoms. The molecule has 0 aliphatic carbocycles. The number of carbonyl (C=O) groups is 2. The van der Waals surface area contributed by atoms with Gasteiger partial charge in [-0.25, -0.2) is 0 Å². The van der Waals surface area contributed by atoms with Gasteiger partial charge in [0.1, 0.15) is 0 Å². The van der Waals surface area contributed by atoms with Crippen LogP contribution in [0.3, 0.4) is 0 Å². The fourth-order valence-electron chi connectivity index (χ4n) is 2.04. The lowest BCUT2D eigenvalue weighted by molar-refractivity contribution is -0.150. The number of rotatable bonds is 12. The predicted molar refractivity (Wildman–Crippen MR) is 84.0 cm³/mol. The Morgan fingerprint density at radius 1 is 0.762 bits per heavy atom. The van der Waals surface area contributed by atoms with E-state index < -0.39 is 0 Å². The van der Waals surface area contributed by atoms with Gasteiger partial charge in [0, 0.05) is 12.8 Å². The number of esters is 2. The first kappa shape index (κ1) is 19.9. The van der Waals surface area contributed by atoms with Crippen LogP contribution in [0.4, 0.5) is 0 Å². The first-order valence-corrected chi connectivity index (χ1v) is 8.38. The molecule has 2 unspecified atom stereocenters. The molecule has 0 heterocycles. The van der Waals surface area contributed by atoms with Crippen molar-refractivity contribution in [3.63, 3.8) is 0 Å². The lowest BCUT2D eigenvalue weighted by atomic mass is 10.2. The van der Waals surface area contributed by atoms with Gasteiger partial charge in [0.25, 0.3) is 0 Å². The summed E-state index contributed by atoms with van der Waals surface area (Å²) in [5.41, 5.74) is 0. The van der Waals surface area contributed by atoms with E-state index in [0.29, 0.717) is 6.42 Å². The Morgan fingerprint density at radius 3 is 1.48 bits per heavy atom. The molecular formula is C17H32O4. The first-order chi connectivity index (χ1) is 9.99. The molecule has 124 valence electrons. The summed E-state index contributed by atoms with van der Waals surface area (Å²) in [6.07, 6.45) is 7.15. The Morgan fingerprint density at radius 2 is 1.14 bits per heavy atom. The molecule has 2 atom stereocenters. The zero-order chi connectivity index (χ0) is 16.1. The highest BCUT2D eigenvalue weighted by atomic mass is 16.5. The van der Waals surface area contributed by atoms with Crippen LogP contribution in [-0.4, -0.2) is 24.1 Å². The van der Waals surface area contributed by atoms with E-state index in [-0.39, 0.29) is 37.0 Å². The fraction of sp³-hybridized carbons (Fsp3) is 0.882. The van der Waals surface area contributed by atoms with Crippen LogP contribution in [0, 0.1) is 0 Å². The average molecular weight is 300 g/mol. The van der Waals surface area contributed by atoms with Crippen LogP contribution < -0.4 is 0 Å². The van der Waals surface area contributed by atoms with E-state index in [0.717, 1.165) is 38.5 Å². The lowest BCUT2D eigenvalue weighted by Crippen LogP contribution is -2.17. The Bertz CT molecular complexity index is 261. The van der Waals surface area contributed by atoms with Gasteiger partial charge in [0.15, 0.2) is 0 Å². The Balaban J connectivity index is 3.68. The average Bonchev–Trinajstić information content (AvgIpc) is 2.42. The van der Waals surface area contributed by atoms with E-state index in [1.807, 2.05) is 13.8 Å². The van der Waals surface area contributed by atoms with Crippen LogP contribution in [0.2, 0.25) is 0 Å². The summed E-state index contributed by atoms with van der Waals surface area (Å²) in [7, 11) is 0. The monoisotopic (exact) mass is 300 g/mol. The molecule has 0 saturated heterocycles. The summed E-state index contributed by atoms with van der Waals surface area (Å²) in [6.45, 7) is 8.05. The largest absolute Gasteiger partial charge is 0.463 e. The first-order valence-electron chi connectivity index (χ1n) is 8.38. The van der Waals surface area contributed by atoms with Crippen LogP contribution in [0.5, 0.6) is 0 Å². The molecule has 0 radical (unpaired) electrons. The quantitative estimate of drug-likeness (QED) is 0.501. The van der Waals surface area contributed by atoms with Crippen molar-refractivity contribution in [2.24, 2.45) is 0 Å². The summed E-state index contributed by atoms with van der Waals surface area (Å²) < 4.78 is 10.6. The van der Waals surface area contributed by atoms with Crippen molar-refractivity contribution in [3.8, 4) is 0 Å². The molecule has 0 aromatic heterocycles. The van der Waals surface area contributed by atoms with Crippen LogP contribution in [0.15, 0.2) is 0 Å². The van der Waals surface area contributed by atoms with Crippen molar-refractivity contribution < 1.29 is 19.1 Å². The third-order valence-corrected chi connectivity index (χ3v) is 3.36. The van der Waals surface area contributed by atoms with Gasteiger partial charge >= 0.3 is 11.9 Å². The molecule has 0 saturated carbocycles. The summed E-state index contributed by atoms with van der Waals surface area (Å²) in [4.78, 5) is 23.2. The van der Waals surface area contributed by atoms with Gasteiger partial charge < -0.3 is 9.47 Å². The molecule has 21 heavy (non-hydrogen) atoms. The number of hydrogen-bond acceptors (Lipinski definition) is 4. The van der Waals surface area contributed by atoms with Crippen molar-refractivity contribution >= 4 is 11.9 Å². The second-order valence-corrected chi connectivity index (χ2v) is 5.74. The zero-order valence-electron chi connectivity index (χ0n) is 14.2. The van der Waals surface area contributed by atoms with Crippen molar-refractivity contribution in [3.05, 3.63) is 0 Å². The molecule has 0 aromatic rings. The molecule has 4 nitrogen and oxygen atoms in total. The van der Waals surface area contributed by atoms with E-state index in [9.17, 15) is 9.59 Å². The summed E-state index contributed by atoms with van der Waals surface area (Å²) in [5, 5.41) is 0. The van der Waals surface area contributed by atoms with E-state index in [1.165, 1.54) is 0 Å². The van der Waals surface area contributed by atoms with Crippen molar-refractivity contribution in [2.45, 2.75) is 97.7 Å². The van der Waals surface area contributed by atoms with Gasteiger partial charge in [-0.2, -0.15) is 0 Å². The normalized spacial score (nSPS) is 13.5. The molecule has 0 aliphatic rings. The third kappa shape index (κ3) is 12.4. The van der Waals surface area contributed by atoms with Gasteiger partial charge in [0.2, 0.25) is 0 Å². The maximum atomic E-state index is 11.6. The molecule has 0 amide bonds. The molecule has 4 heteroatoms. The van der Waals surface area contributed by atoms with Gasteiger partial charge in [-0.15, -0.1) is 0 Å². The molecule has 0 bridgehead atoms. The summed E-state index contributed by atoms with van der Waals surface area (Å²) in [5.74, 6) is -0.434. The van der Waals surface area contributed by atoms with Crippen LogP contribution >= 0.6 is 0 Å². The van der Waals surface area contributed by atoms with Gasteiger partial charge in [0.05, 0.1) is 12.2 Å². The third-order valence-electron chi connectivity index (χ3n) is 3.36. The highest BCUT2D eigenvalue weighted by molar-refractivity contribution is 5.72. The number of ether oxygens (including phenoxy) is 2. The number of unbranched alkanes of at least 4 members (excludes halogenated alkanes) is 2. The predicted octanol–water partition coefficient (Wildman–Crippen LogP) is 4.40. The lowest BCUT2D eigenvalue weighted by Gasteiger charge is -2.13. The second-order valence-electron chi connectivity index (χ2n) is 5.74. The van der Waals surface area contributed by atoms with Gasteiger partial charge in [-0.3, -0.25) is 9.59 Å². The highest BCUT2D eigenvalue weighted by Gasteiger charge is 2.12. The minimum Gasteiger partial charge on any atom is -0.463 e. The smallest absolute Gasteiger partial charge is 0.306 e. The SMILES string of the molecule is CCCCC(C)OC(=O)CCCC(=O)OC(C)CCCC. The van der Waals surface area contributed by atoms with Crippen molar-refractivity contribution in [1.29, 1.82) is 0 Å². The highest BCUT2D eigenvalue weighted by Crippen LogP contribution is 2.09. The molecule has 0 aromatic carbocycles. The summed E-state index contributed by atoms with van der Waals surface area (Å²) >= 11 is 0. The van der Waals surface area contributed by atoms with E-state index in [4.69, 9.17) is 9.47 Å². The fourth-order valence-corrected chi connectivity index (χ4v) is 2.04. The number of hydrogen-bond donors (Lipinski definition) is 0. The van der Waals surface area contributed by atoms with Crippen LogP contribution in [0.25, 0.3) is 0 Å². The molecule has 0 aliphatic heterocycles. The Kier molecular flexibility index (Phi) is 12.0. The molecule has 0 N–H and O–H groups in total. The van der Waals surface area contributed by atoms with Crippen molar-refractivity contribution in [1.82, 2.24) is 0 Å². The van der Waals surface area contributed by atoms with Crippen LogP contribution in [0.1, 0.15) is 85.5 Å². The van der Waals surface area contributed by atoms with Gasteiger partial charge in [-0.05, 0) is 33.1 Å². The zero-order valence-corrected chi connectivity index (χ0v) is 14.2. The second kappa shape index (κ2) is 12.7.